The Labute approximate surface area is 146 Å². The Morgan fingerprint density at radius 3 is 2.58 bits per heavy atom. The SMILES string of the molecule is O=C(Cn1nc(-n2cccn2)ccc1=O)Nc1cc(Cl)cc(Cl)c1. The van der Waals surface area contributed by atoms with Crippen LogP contribution < -0.4 is 10.9 Å². The van der Waals surface area contributed by atoms with Crippen molar-refractivity contribution in [2.24, 2.45) is 0 Å². The lowest BCUT2D eigenvalue weighted by Gasteiger charge is -2.09. The Morgan fingerprint density at radius 2 is 1.92 bits per heavy atom. The van der Waals surface area contributed by atoms with Crippen molar-refractivity contribution in [2.75, 3.05) is 5.32 Å². The summed E-state index contributed by atoms with van der Waals surface area (Å²) in [5.74, 6) is -0.00116. The third-order valence-electron chi connectivity index (χ3n) is 3.03. The third-order valence-corrected chi connectivity index (χ3v) is 3.47. The van der Waals surface area contributed by atoms with Crippen LogP contribution in [0.15, 0.2) is 53.6 Å². The van der Waals surface area contributed by atoms with Crippen molar-refractivity contribution in [2.45, 2.75) is 6.54 Å². The molecular formula is C15H11Cl2N5O2. The molecule has 1 amide bonds. The van der Waals surface area contributed by atoms with Gasteiger partial charge in [0.05, 0.1) is 0 Å². The smallest absolute Gasteiger partial charge is 0.267 e. The van der Waals surface area contributed by atoms with E-state index >= 15 is 0 Å². The van der Waals surface area contributed by atoms with Gasteiger partial charge >= 0.3 is 0 Å². The number of hydrogen-bond donors (Lipinski definition) is 1. The number of nitrogens with one attached hydrogen (secondary N) is 1. The number of amides is 1. The Kier molecular flexibility index (Phi) is 4.64. The van der Waals surface area contributed by atoms with Crippen LogP contribution in [0.2, 0.25) is 10.0 Å². The van der Waals surface area contributed by atoms with E-state index in [2.05, 4.69) is 15.5 Å². The summed E-state index contributed by atoms with van der Waals surface area (Å²) in [5.41, 5.74) is 0.0407. The van der Waals surface area contributed by atoms with Gasteiger partial charge in [0.2, 0.25) is 5.91 Å². The second-order valence-corrected chi connectivity index (χ2v) is 5.72. The first-order valence-electron chi connectivity index (χ1n) is 6.85. The van der Waals surface area contributed by atoms with E-state index in [0.29, 0.717) is 21.6 Å². The van der Waals surface area contributed by atoms with Gasteiger partial charge in [0, 0.05) is 34.2 Å². The minimum atomic E-state index is -0.430. The van der Waals surface area contributed by atoms with Crippen LogP contribution in [0.25, 0.3) is 5.82 Å². The van der Waals surface area contributed by atoms with Crippen LogP contribution in [0, 0.1) is 0 Å². The molecule has 0 fully saturated rings. The molecule has 0 saturated heterocycles. The zero-order valence-corrected chi connectivity index (χ0v) is 13.7. The molecule has 3 aromatic rings. The zero-order chi connectivity index (χ0) is 17.1. The Hall–Kier alpha value is -2.64. The molecule has 0 aliphatic heterocycles. The second kappa shape index (κ2) is 6.86. The van der Waals surface area contributed by atoms with E-state index in [-0.39, 0.29) is 6.54 Å². The molecule has 122 valence electrons. The van der Waals surface area contributed by atoms with Crippen molar-refractivity contribution in [1.82, 2.24) is 19.6 Å². The molecule has 0 bridgehead atoms. The normalized spacial score (nSPS) is 10.6. The number of aromatic nitrogens is 4. The largest absolute Gasteiger partial charge is 0.324 e. The third kappa shape index (κ3) is 3.81. The van der Waals surface area contributed by atoms with Gasteiger partial charge in [0.25, 0.3) is 5.56 Å². The molecule has 0 unspecified atom stereocenters. The predicted molar refractivity (Wildman–Crippen MR) is 90.7 cm³/mol. The average molecular weight is 364 g/mol. The molecule has 1 N–H and O–H groups in total. The monoisotopic (exact) mass is 363 g/mol. The minimum Gasteiger partial charge on any atom is -0.324 e. The minimum absolute atomic E-state index is 0.252. The van der Waals surface area contributed by atoms with E-state index in [4.69, 9.17) is 23.2 Å². The summed E-state index contributed by atoms with van der Waals surface area (Å²) in [6.07, 6.45) is 3.28. The maximum absolute atomic E-state index is 12.1. The molecule has 0 aliphatic rings. The molecule has 3 rings (SSSR count). The first-order valence-corrected chi connectivity index (χ1v) is 7.61. The lowest BCUT2D eigenvalue weighted by atomic mass is 10.3. The van der Waals surface area contributed by atoms with Crippen LogP contribution in [-0.4, -0.2) is 25.5 Å². The average Bonchev–Trinajstić information content (AvgIpc) is 3.02. The highest BCUT2D eigenvalue weighted by Crippen LogP contribution is 2.22. The van der Waals surface area contributed by atoms with Crippen LogP contribution in [0.1, 0.15) is 0 Å². The molecule has 24 heavy (non-hydrogen) atoms. The molecule has 0 aliphatic carbocycles. The zero-order valence-electron chi connectivity index (χ0n) is 12.2. The van der Waals surface area contributed by atoms with E-state index < -0.39 is 11.5 Å². The van der Waals surface area contributed by atoms with Crippen LogP contribution >= 0.6 is 23.2 Å². The van der Waals surface area contributed by atoms with Crippen LogP contribution in [0.4, 0.5) is 5.69 Å². The highest BCUT2D eigenvalue weighted by molar-refractivity contribution is 6.35. The predicted octanol–water partition coefficient (Wildman–Crippen LogP) is 2.37. The van der Waals surface area contributed by atoms with Crippen molar-refractivity contribution in [3.63, 3.8) is 0 Å². The number of nitrogens with zero attached hydrogens (tertiary/aromatic N) is 4. The topological polar surface area (TPSA) is 81.8 Å². The quantitative estimate of drug-likeness (QED) is 0.771. The molecule has 2 heterocycles. The maximum atomic E-state index is 12.1. The molecule has 0 radical (unpaired) electrons. The molecule has 0 atom stereocenters. The van der Waals surface area contributed by atoms with Gasteiger partial charge in [-0.1, -0.05) is 23.2 Å². The maximum Gasteiger partial charge on any atom is 0.267 e. The van der Waals surface area contributed by atoms with Crippen molar-refractivity contribution < 1.29 is 4.79 Å². The highest BCUT2D eigenvalue weighted by Gasteiger charge is 2.09. The first-order chi connectivity index (χ1) is 11.5. The van der Waals surface area contributed by atoms with Gasteiger partial charge in [-0.25, -0.2) is 9.36 Å². The first kappa shape index (κ1) is 16.2. The lowest BCUT2D eigenvalue weighted by molar-refractivity contribution is -0.117. The fourth-order valence-corrected chi connectivity index (χ4v) is 2.57. The molecule has 0 saturated carbocycles. The van der Waals surface area contributed by atoms with Gasteiger partial charge in [0.15, 0.2) is 5.82 Å². The van der Waals surface area contributed by atoms with Gasteiger partial charge in [-0.15, -0.1) is 5.10 Å². The van der Waals surface area contributed by atoms with E-state index in [1.54, 1.807) is 36.7 Å². The Morgan fingerprint density at radius 1 is 1.17 bits per heavy atom. The van der Waals surface area contributed by atoms with Gasteiger partial charge in [-0.3, -0.25) is 9.59 Å². The van der Waals surface area contributed by atoms with E-state index in [1.165, 1.54) is 16.8 Å². The van der Waals surface area contributed by atoms with E-state index in [0.717, 1.165) is 4.68 Å². The number of hydrogen-bond acceptors (Lipinski definition) is 4. The fraction of sp³-hybridized carbons (Fsp3) is 0.0667. The Balaban J connectivity index is 1.79. The van der Waals surface area contributed by atoms with E-state index in [1.807, 2.05) is 0 Å². The summed E-state index contributed by atoms with van der Waals surface area (Å²) in [4.78, 5) is 24.0. The number of carbonyl (C=O) groups excluding carboxylic acids is 1. The lowest BCUT2D eigenvalue weighted by Crippen LogP contribution is -2.30. The van der Waals surface area contributed by atoms with Crippen molar-refractivity contribution >= 4 is 34.8 Å². The molecule has 0 spiro atoms. The highest BCUT2D eigenvalue weighted by atomic mass is 35.5. The molecular weight excluding hydrogens is 353 g/mol. The number of benzene rings is 1. The van der Waals surface area contributed by atoms with Crippen LogP contribution in [0.3, 0.4) is 0 Å². The standard InChI is InChI=1S/C15H11Cl2N5O2/c16-10-6-11(17)8-12(7-10)19-14(23)9-22-15(24)3-2-13(20-22)21-5-1-4-18-21/h1-8H,9H2,(H,19,23). The summed E-state index contributed by atoms with van der Waals surface area (Å²) >= 11 is 11.8. The van der Waals surface area contributed by atoms with Gasteiger partial charge in [-0.05, 0) is 30.3 Å². The van der Waals surface area contributed by atoms with E-state index in [9.17, 15) is 9.59 Å². The number of rotatable bonds is 4. The van der Waals surface area contributed by atoms with Gasteiger partial charge in [0.1, 0.15) is 6.54 Å². The summed E-state index contributed by atoms with van der Waals surface area (Å²) in [6, 6.07) is 9.25. The summed E-state index contributed by atoms with van der Waals surface area (Å²) in [7, 11) is 0. The summed E-state index contributed by atoms with van der Waals surface area (Å²) in [5, 5.41) is 11.6. The molecule has 7 nitrogen and oxygen atoms in total. The van der Waals surface area contributed by atoms with Crippen molar-refractivity contribution in [3.05, 3.63) is 69.2 Å². The fourth-order valence-electron chi connectivity index (χ4n) is 2.04. The van der Waals surface area contributed by atoms with Crippen molar-refractivity contribution in [3.8, 4) is 5.82 Å². The number of carbonyl (C=O) groups is 1. The van der Waals surface area contributed by atoms with Crippen molar-refractivity contribution in [1.29, 1.82) is 0 Å². The van der Waals surface area contributed by atoms with Gasteiger partial charge < -0.3 is 5.32 Å². The molecule has 1 aromatic carbocycles. The molecule has 2 aromatic heterocycles. The van der Waals surface area contributed by atoms with Crippen LogP contribution in [0.5, 0.6) is 0 Å². The summed E-state index contributed by atoms with van der Waals surface area (Å²) < 4.78 is 2.54. The van der Waals surface area contributed by atoms with Crippen LogP contribution in [-0.2, 0) is 11.3 Å². The Bertz CT molecular complexity index is 917. The molecule has 9 heteroatoms. The second-order valence-electron chi connectivity index (χ2n) is 4.84. The number of halogens is 2. The number of anilines is 1. The summed E-state index contributed by atoms with van der Waals surface area (Å²) in [6.45, 7) is -0.252. The van der Waals surface area contributed by atoms with Gasteiger partial charge in [-0.2, -0.15) is 5.10 Å².